The Morgan fingerprint density at radius 2 is 1.62 bits per heavy atom. The number of rotatable bonds is 7. The van der Waals surface area contributed by atoms with E-state index in [4.69, 9.17) is 23.7 Å². The van der Waals surface area contributed by atoms with Crippen LogP contribution in [0.15, 0.2) is 12.1 Å². The summed E-state index contributed by atoms with van der Waals surface area (Å²) in [4.78, 5) is 11.4. The Balaban J connectivity index is 3.34. The highest BCUT2D eigenvalue weighted by Gasteiger charge is 2.20. The summed E-state index contributed by atoms with van der Waals surface area (Å²) in [7, 11) is 6.03. The molecule has 0 aromatic heterocycles. The molecule has 116 valence electrons. The van der Waals surface area contributed by atoms with E-state index in [1.165, 1.54) is 34.5 Å². The summed E-state index contributed by atoms with van der Waals surface area (Å²) in [5.41, 5.74) is 0.611. The lowest BCUT2D eigenvalue weighted by molar-refractivity contribution is -0.137. The number of methoxy groups -OCH3 is 4. The van der Waals surface area contributed by atoms with E-state index < -0.39 is 5.97 Å². The molecule has 1 rings (SSSR count). The van der Waals surface area contributed by atoms with Crippen molar-refractivity contribution >= 4 is 12.0 Å². The average Bonchev–Trinajstić information content (AvgIpc) is 2.51. The van der Waals surface area contributed by atoms with Gasteiger partial charge >= 0.3 is 5.97 Å². The molecule has 0 amide bonds. The van der Waals surface area contributed by atoms with Crippen molar-refractivity contribution in [3.05, 3.63) is 17.7 Å². The molecule has 0 aliphatic rings. The van der Waals surface area contributed by atoms with Crippen molar-refractivity contribution in [1.29, 1.82) is 0 Å². The predicted molar refractivity (Wildman–Crippen MR) is 78.3 cm³/mol. The molecule has 0 heterocycles. The second kappa shape index (κ2) is 8.04. The lowest BCUT2D eigenvalue weighted by atomic mass is 10.1. The van der Waals surface area contributed by atoms with Crippen LogP contribution in [0.25, 0.3) is 6.08 Å². The number of esters is 1. The average molecular weight is 296 g/mol. The van der Waals surface area contributed by atoms with Crippen LogP contribution in [0.2, 0.25) is 0 Å². The van der Waals surface area contributed by atoms with E-state index in [1.54, 1.807) is 19.1 Å². The number of carbonyl (C=O) groups excluding carboxylic acids is 1. The van der Waals surface area contributed by atoms with Gasteiger partial charge in [-0.1, -0.05) is 0 Å². The first-order valence-electron chi connectivity index (χ1n) is 6.34. The first-order valence-corrected chi connectivity index (χ1v) is 6.34. The molecule has 0 bridgehead atoms. The van der Waals surface area contributed by atoms with Gasteiger partial charge in [-0.05, 0) is 19.1 Å². The number of benzene rings is 1. The largest absolute Gasteiger partial charge is 0.493 e. The highest BCUT2D eigenvalue weighted by atomic mass is 16.5. The number of ether oxygens (including phenoxy) is 5. The zero-order valence-electron chi connectivity index (χ0n) is 12.9. The van der Waals surface area contributed by atoms with Gasteiger partial charge in [0.15, 0.2) is 11.5 Å². The smallest absolute Gasteiger partial charge is 0.330 e. The van der Waals surface area contributed by atoms with Crippen LogP contribution in [-0.4, -0.2) is 41.0 Å². The molecular weight excluding hydrogens is 276 g/mol. The Morgan fingerprint density at radius 1 is 1.00 bits per heavy atom. The minimum atomic E-state index is -0.437. The minimum Gasteiger partial charge on any atom is -0.493 e. The van der Waals surface area contributed by atoms with E-state index in [2.05, 4.69) is 0 Å². The Bertz CT molecular complexity index is 521. The van der Waals surface area contributed by atoms with Gasteiger partial charge in [-0.2, -0.15) is 0 Å². The van der Waals surface area contributed by atoms with Gasteiger partial charge in [0.1, 0.15) is 0 Å². The molecule has 6 heteroatoms. The quantitative estimate of drug-likeness (QED) is 0.568. The summed E-state index contributed by atoms with van der Waals surface area (Å²) in [6.07, 6.45) is 2.88. The third kappa shape index (κ3) is 3.81. The topological polar surface area (TPSA) is 63.2 Å². The summed E-state index contributed by atoms with van der Waals surface area (Å²) >= 11 is 0. The Morgan fingerprint density at radius 3 is 2.10 bits per heavy atom. The van der Waals surface area contributed by atoms with Crippen LogP contribution >= 0.6 is 0 Å². The highest BCUT2D eigenvalue weighted by molar-refractivity contribution is 5.88. The standard InChI is InChI=1S/C15H20O6/c1-6-21-12(16)8-7-10-9-11(17-2)14(19-4)15(20-5)13(10)18-3/h7-9H,6H2,1-5H3. The molecule has 0 saturated heterocycles. The Kier molecular flexibility index (Phi) is 6.39. The zero-order valence-corrected chi connectivity index (χ0v) is 12.9. The molecule has 0 saturated carbocycles. The van der Waals surface area contributed by atoms with Crippen LogP contribution in [0.5, 0.6) is 23.0 Å². The Labute approximate surface area is 124 Å². The van der Waals surface area contributed by atoms with Gasteiger partial charge < -0.3 is 23.7 Å². The molecule has 0 N–H and O–H groups in total. The first kappa shape index (κ1) is 16.7. The van der Waals surface area contributed by atoms with Gasteiger partial charge in [-0.15, -0.1) is 0 Å². The normalized spacial score (nSPS) is 10.3. The van der Waals surface area contributed by atoms with E-state index in [0.717, 1.165) is 0 Å². The van der Waals surface area contributed by atoms with Crippen LogP contribution in [0.4, 0.5) is 0 Å². The maximum Gasteiger partial charge on any atom is 0.330 e. The molecule has 0 aliphatic carbocycles. The van der Waals surface area contributed by atoms with Gasteiger partial charge in [-0.25, -0.2) is 4.79 Å². The molecule has 0 aliphatic heterocycles. The van der Waals surface area contributed by atoms with Crippen molar-refractivity contribution in [2.24, 2.45) is 0 Å². The minimum absolute atomic E-state index is 0.315. The van der Waals surface area contributed by atoms with E-state index in [0.29, 0.717) is 35.2 Å². The fourth-order valence-corrected chi connectivity index (χ4v) is 1.83. The van der Waals surface area contributed by atoms with Crippen LogP contribution in [0, 0.1) is 0 Å². The first-order chi connectivity index (χ1) is 10.1. The second-order valence-electron chi connectivity index (χ2n) is 3.85. The van der Waals surface area contributed by atoms with Crippen molar-refractivity contribution < 1.29 is 28.5 Å². The van der Waals surface area contributed by atoms with Crippen LogP contribution in [-0.2, 0) is 9.53 Å². The maximum absolute atomic E-state index is 11.4. The van der Waals surface area contributed by atoms with E-state index in [9.17, 15) is 4.79 Å². The van der Waals surface area contributed by atoms with Gasteiger partial charge in [-0.3, -0.25) is 0 Å². The highest BCUT2D eigenvalue weighted by Crippen LogP contribution is 2.46. The summed E-state index contributed by atoms with van der Waals surface area (Å²) in [6.45, 7) is 2.06. The van der Waals surface area contributed by atoms with Crippen molar-refractivity contribution in [3.63, 3.8) is 0 Å². The molecule has 0 atom stereocenters. The molecule has 1 aromatic carbocycles. The number of carbonyl (C=O) groups is 1. The SMILES string of the molecule is CCOC(=O)C=Cc1cc(OC)c(OC)c(OC)c1OC. The van der Waals surface area contributed by atoms with Gasteiger partial charge in [0, 0.05) is 11.6 Å². The van der Waals surface area contributed by atoms with E-state index >= 15 is 0 Å². The summed E-state index contributed by atoms with van der Waals surface area (Å²) in [5, 5.41) is 0. The summed E-state index contributed by atoms with van der Waals surface area (Å²) in [5.74, 6) is 1.29. The second-order valence-corrected chi connectivity index (χ2v) is 3.85. The zero-order chi connectivity index (χ0) is 15.8. The third-order valence-corrected chi connectivity index (χ3v) is 2.70. The lowest BCUT2D eigenvalue weighted by Crippen LogP contribution is -2.01. The third-order valence-electron chi connectivity index (χ3n) is 2.70. The number of hydrogen-bond acceptors (Lipinski definition) is 6. The lowest BCUT2D eigenvalue weighted by Gasteiger charge is -2.17. The molecule has 0 fully saturated rings. The fraction of sp³-hybridized carbons (Fsp3) is 0.400. The van der Waals surface area contributed by atoms with E-state index in [-0.39, 0.29) is 0 Å². The molecular formula is C15H20O6. The maximum atomic E-state index is 11.4. The van der Waals surface area contributed by atoms with Crippen molar-refractivity contribution in [2.75, 3.05) is 35.0 Å². The van der Waals surface area contributed by atoms with Crippen LogP contribution in [0.3, 0.4) is 0 Å². The number of hydrogen-bond donors (Lipinski definition) is 0. The predicted octanol–water partition coefficient (Wildman–Crippen LogP) is 2.30. The summed E-state index contributed by atoms with van der Waals surface area (Å²) < 4.78 is 26.0. The van der Waals surface area contributed by atoms with Crippen LogP contribution in [0.1, 0.15) is 12.5 Å². The monoisotopic (exact) mass is 296 g/mol. The fourth-order valence-electron chi connectivity index (χ4n) is 1.83. The Hall–Kier alpha value is -2.37. The van der Waals surface area contributed by atoms with E-state index in [1.807, 2.05) is 0 Å². The van der Waals surface area contributed by atoms with Crippen LogP contribution < -0.4 is 18.9 Å². The summed E-state index contributed by atoms with van der Waals surface area (Å²) in [6, 6.07) is 1.69. The van der Waals surface area contributed by atoms with Gasteiger partial charge in [0.05, 0.1) is 35.0 Å². The van der Waals surface area contributed by atoms with Gasteiger partial charge in [0.25, 0.3) is 0 Å². The molecule has 6 nitrogen and oxygen atoms in total. The molecule has 0 spiro atoms. The van der Waals surface area contributed by atoms with Gasteiger partial charge in [0.2, 0.25) is 11.5 Å². The molecule has 1 aromatic rings. The molecule has 21 heavy (non-hydrogen) atoms. The van der Waals surface area contributed by atoms with Crippen molar-refractivity contribution in [1.82, 2.24) is 0 Å². The molecule has 0 radical (unpaired) electrons. The van der Waals surface area contributed by atoms with Crippen molar-refractivity contribution in [2.45, 2.75) is 6.92 Å². The molecule has 0 unspecified atom stereocenters. The van der Waals surface area contributed by atoms with Crippen molar-refractivity contribution in [3.8, 4) is 23.0 Å².